The van der Waals surface area contributed by atoms with E-state index in [-0.39, 0.29) is 11.5 Å². The normalized spacial score (nSPS) is 13.6. The van der Waals surface area contributed by atoms with Crippen LogP contribution in [-0.2, 0) is 5.41 Å². The molecule has 0 aliphatic heterocycles. The SMILES string of the molecule is C=C(C)C[C@H](N)c1ccc(C(C)(C)C)cc1. The van der Waals surface area contributed by atoms with Gasteiger partial charge in [-0.25, -0.2) is 0 Å². The Morgan fingerprint density at radius 3 is 2.12 bits per heavy atom. The number of hydrogen-bond acceptors (Lipinski definition) is 1. The molecule has 1 rings (SSSR count). The smallest absolute Gasteiger partial charge is 0.0332 e. The predicted octanol–water partition coefficient (Wildman–Crippen LogP) is 3.95. The molecular weight excluding hydrogens is 194 g/mol. The molecule has 0 bridgehead atoms. The predicted molar refractivity (Wildman–Crippen MR) is 71.5 cm³/mol. The highest BCUT2D eigenvalue weighted by Gasteiger charge is 2.14. The fourth-order valence-electron chi connectivity index (χ4n) is 1.72. The highest BCUT2D eigenvalue weighted by Crippen LogP contribution is 2.24. The summed E-state index contributed by atoms with van der Waals surface area (Å²) in [6, 6.07) is 8.69. The van der Waals surface area contributed by atoms with Crippen LogP contribution in [0.1, 0.15) is 51.3 Å². The zero-order valence-corrected chi connectivity index (χ0v) is 10.9. The molecule has 2 N–H and O–H groups in total. The van der Waals surface area contributed by atoms with E-state index in [2.05, 4.69) is 51.6 Å². The van der Waals surface area contributed by atoms with E-state index in [0.717, 1.165) is 12.0 Å². The molecule has 0 aromatic heterocycles. The molecule has 0 fully saturated rings. The van der Waals surface area contributed by atoms with Crippen molar-refractivity contribution in [2.75, 3.05) is 0 Å². The van der Waals surface area contributed by atoms with Gasteiger partial charge >= 0.3 is 0 Å². The zero-order valence-electron chi connectivity index (χ0n) is 10.9. The minimum Gasteiger partial charge on any atom is -0.324 e. The van der Waals surface area contributed by atoms with Crippen molar-refractivity contribution in [1.82, 2.24) is 0 Å². The summed E-state index contributed by atoms with van der Waals surface area (Å²) in [4.78, 5) is 0. The second-order valence-electron chi connectivity index (χ2n) is 5.64. The van der Waals surface area contributed by atoms with Gasteiger partial charge in [-0.05, 0) is 29.9 Å². The number of rotatable bonds is 3. The maximum Gasteiger partial charge on any atom is 0.0332 e. The third-order valence-corrected chi connectivity index (χ3v) is 2.77. The van der Waals surface area contributed by atoms with Gasteiger partial charge in [-0.2, -0.15) is 0 Å². The Balaban J connectivity index is 2.83. The Morgan fingerprint density at radius 1 is 1.25 bits per heavy atom. The zero-order chi connectivity index (χ0) is 12.3. The van der Waals surface area contributed by atoms with E-state index in [4.69, 9.17) is 5.73 Å². The lowest BCUT2D eigenvalue weighted by atomic mass is 9.86. The molecule has 0 heterocycles. The average molecular weight is 217 g/mol. The summed E-state index contributed by atoms with van der Waals surface area (Å²) in [5.74, 6) is 0. The van der Waals surface area contributed by atoms with Crippen LogP contribution in [0.25, 0.3) is 0 Å². The summed E-state index contributed by atoms with van der Waals surface area (Å²) in [5.41, 5.74) is 9.97. The number of hydrogen-bond donors (Lipinski definition) is 1. The summed E-state index contributed by atoms with van der Waals surface area (Å²) in [5, 5.41) is 0. The van der Waals surface area contributed by atoms with E-state index in [1.54, 1.807) is 0 Å². The topological polar surface area (TPSA) is 26.0 Å². The van der Waals surface area contributed by atoms with Gasteiger partial charge in [0.05, 0.1) is 0 Å². The van der Waals surface area contributed by atoms with Crippen LogP contribution in [0, 0.1) is 0 Å². The van der Waals surface area contributed by atoms with Gasteiger partial charge in [0.1, 0.15) is 0 Å². The lowest BCUT2D eigenvalue weighted by Gasteiger charge is -2.20. The maximum absolute atomic E-state index is 6.09. The van der Waals surface area contributed by atoms with Crippen molar-refractivity contribution in [1.29, 1.82) is 0 Å². The van der Waals surface area contributed by atoms with Gasteiger partial charge in [0.2, 0.25) is 0 Å². The van der Waals surface area contributed by atoms with Crippen LogP contribution < -0.4 is 5.73 Å². The third-order valence-electron chi connectivity index (χ3n) is 2.77. The second kappa shape index (κ2) is 4.84. The van der Waals surface area contributed by atoms with E-state index < -0.39 is 0 Å². The Morgan fingerprint density at radius 2 is 1.75 bits per heavy atom. The van der Waals surface area contributed by atoms with E-state index in [1.807, 2.05) is 6.92 Å². The fourth-order valence-corrected chi connectivity index (χ4v) is 1.72. The first-order valence-corrected chi connectivity index (χ1v) is 5.81. The molecule has 0 radical (unpaired) electrons. The first-order valence-electron chi connectivity index (χ1n) is 5.81. The molecular formula is C15H23N. The van der Waals surface area contributed by atoms with Crippen molar-refractivity contribution >= 4 is 0 Å². The molecule has 1 atom stereocenters. The average Bonchev–Trinajstić information content (AvgIpc) is 2.15. The molecule has 0 unspecified atom stereocenters. The Hall–Kier alpha value is -1.08. The quantitative estimate of drug-likeness (QED) is 0.762. The summed E-state index contributed by atoms with van der Waals surface area (Å²) in [7, 11) is 0. The van der Waals surface area contributed by atoms with E-state index >= 15 is 0 Å². The molecule has 0 saturated carbocycles. The van der Waals surface area contributed by atoms with Crippen molar-refractivity contribution < 1.29 is 0 Å². The van der Waals surface area contributed by atoms with Crippen LogP contribution in [0.15, 0.2) is 36.4 Å². The molecule has 16 heavy (non-hydrogen) atoms. The molecule has 1 heteroatoms. The highest BCUT2D eigenvalue weighted by molar-refractivity contribution is 5.29. The largest absolute Gasteiger partial charge is 0.324 e. The minimum atomic E-state index is 0.0755. The molecule has 0 aliphatic carbocycles. The number of nitrogens with two attached hydrogens (primary N) is 1. The number of benzene rings is 1. The lowest BCUT2D eigenvalue weighted by molar-refractivity contribution is 0.589. The van der Waals surface area contributed by atoms with Crippen LogP contribution in [0.2, 0.25) is 0 Å². The van der Waals surface area contributed by atoms with Crippen molar-refractivity contribution in [3.8, 4) is 0 Å². The Labute approximate surface area is 99.4 Å². The molecule has 1 aromatic rings. The first-order chi connectivity index (χ1) is 7.30. The van der Waals surface area contributed by atoms with Gasteiger partial charge in [-0.15, -0.1) is 6.58 Å². The van der Waals surface area contributed by atoms with Crippen LogP contribution in [0.5, 0.6) is 0 Å². The van der Waals surface area contributed by atoms with Crippen molar-refractivity contribution in [3.05, 3.63) is 47.5 Å². The van der Waals surface area contributed by atoms with Gasteiger partial charge in [-0.3, -0.25) is 0 Å². The van der Waals surface area contributed by atoms with E-state index in [0.29, 0.717) is 0 Å². The van der Waals surface area contributed by atoms with Gasteiger partial charge < -0.3 is 5.73 Å². The maximum atomic E-state index is 6.09. The van der Waals surface area contributed by atoms with Crippen LogP contribution in [0.4, 0.5) is 0 Å². The van der Waals surface area contributed by atoms with Crippen LogP contribution >= 0.6 is 0 Å². The summed E-state index contributed by atoms with van der Waals surface area (Å²) in [6.07, 6.45) is 0.856. The van der Waals surface area contributed by atoms with Crippen LogP contribution in [-0.4, -0.2) is 0 Å². The van der Waals surface area contributed by atoms with Gasteiger partial charge in [0.15, 0.2) is 0 Å². The van der Waals surface area contributed by atoms with Crippen molar-refractivity contribution in [3.63, 3.8) is 0 Å². The van der Waals surface area contributed by atoms with Gasteiger partial charge in [0, 0.05) is 6.04 Å². The summed E-state index contributed by atoms with van der Waals surface area (Å²) >= 11 is 0. The molecule has 1 aromatic carbocycles. The van der Waals surface area contributed by atoms with Gasteiger partial charge in [0.25, 0.3) is 0 Å². The van der Waals surface area contributed by atoms with Crippen molar-refractivity contribution in [2.24, 2.45) is 5.73 Å². The highest BCUT2D eigenvalue weighted by atomic mass is 14.6. The van der Waals surface area contributed by atoms with E-state index in [9.17, 15) is 0 Å². The van der Waals surface area contributed by atoms with Crippen LogP contribution in [0.3, 0.4) is 0 Å². The summed E-state index contributed by atoms with van der Waals surface area (Å²) in [6.45, 7) is 12.6. The third kappa shape index (κ3) is 3.49. The fraction of sp³-hybridized carbons (Fsp3) is 0.467. The molecule has 0 aliphatic rings. The lowest BCUT2D eigenvalue weighted by Crippen LogP contribution is -2.13. The molecule has 0 spiro atoms. The molecule has 0 amide bonds. The van der Waals surface area contributed by atoms with E-state index in [1.165, 1.54) is 11.1 Å². The molecule has 88 valence electrons. The standard InChI is InChI=1S/C15H23N/c1-11(2)10-14(16)12-6-8-13(9-7-12)15(3,4)5/h6-9,14H,1,10,16H2,2-5H3/t14-/m0/s1. The van der Waals surface area contributed by atoms with Gasteiger partial charge in [-0.1, -0.05) is 50.6 Å². The molecule has 0 saturated heterocycles. The minimum absolute atomic E-state index is 0.0755. The Bertz CT molecular complexity index is 354. The Kier molecular flexibility index (Phi) is 3.93. The summed E-state index contributed by atoms with van der Waals surface area (Å²) < 4.78 is 0. The first kappa shape index (κ1) is 13.0. The second-order valence-corrected chi connectivity index (χ2v) is 5.64. The monoisotopic (exact) mass is 217 g/mol. The van der Waals surface area contributed by atoms with Crippen molar-refractivity contribution in [2.45, 2.75) is 45.6 Å². The molecule has 1 nitrogen and oxygen atoms in total.